The van der Waals surface area contributed by atoms with Crippen LogP contribution in [0.2, 0.25) is 0 Å². The lowest BCUT2D eigenvalue weighted by molar-refractivity contribution is -0.189. The predicted molar refractivity (Wildman–Crippen MR) is 84.3 cm³/mol. The molecule has 6 nitrogen and oxygen atoms in total. The van der Waals surface area contributed by atoms with Crippen molar-refractivity contribution in [2.75, 3.05) is 39.5 Å². The molecule has 1 aromatic heterocycles. The number of hydrogen-bond acceptors (Lipinski definition) is 6. The number of nitrogens with zero attached hydrogens (tertiary/aromatic N) is 3. The molecule has 3 aliphatic heterocycles. The minimum Gasteiger partial charge on any atom is -0.473 e. The summed E-state index contributed by atoms with van der Waals surface area (Å²) >= 11 is 0. The van der Waals surface area contributed by atoms with Gasteiger partial charge in [0.2, 0.25) is 5.88 Å². The van der Waals surface area contributed by atoms with Crippen molar-refractivity contribution in [3.8, 4) is 5.88 Å². The number of rotatable bonds is 4. The first kappa shape index (κ1) is 15.3. The maximum absolute atomic E-state index is 6.11. The second kappa shape index (κ2) is 6.71. The molecule has 6 heteroatoms. The minimum absolute atomic E-state index is 0.00368. The summed E-state index contributed by atoms with van der Waals surface area (Å²) in [7, 11) is 0. The smallest absolute Gasteiger partial charge is 0.232 e. The van der Waals surface area contributed by atoms with E-state index in [1.54, 1.807) is 18.6 Å². The second-order valence-electron chi connectivity index (χ2n) is 7.03. The van der Waals surface area contributed by atoms with Crippen molar-refractivity contribution < 1.29 is 14.2 Å². The van der Waals surface area contributed by atoms with E-state index in [-0.39, 0.29) is 11.7 Å². The molecule has 3 aliphatic rings. The molecule has 0 amide bonds. The van der Waals surface area contributed by atoms with Crippen LogP contribution in [-0.2, 0) is 9.47 Å². The van der Waals surface area contributed by atoms with Gasteiger partial charge in [-0.05, 0) is 18.8 Å². The zero-order chi connectivity index (χ0) is 15.5. The molecular weight excluding hydrogens is 294 g/mol. The van der Waals surface area contributed by atoms with E-state index in [2.05, 4.69) is 14.9 Å². The first-order chi connectivity index (χ1) is 11.3. The van der Waals surface area contributed by atoms with Crippen LogP contribution in [0.4, 0.5) is 0 Å². The Labute approximate surface area is 137 Å². The van der Waals surface area contributed by atoms with Gasteiger partial charge >= 0.3 is 0 Å². The van der Waals surface area contributed by atoms with E-state index in [0.29, 0.717) is 5.88 Å². The summed E-state index contributed by atoms with van der Waals surface area (Å²) < 4.78 is 17.5. The Morgan fingerprint density at radius 1 is 1.17 bits per heavy atom. The fourth-order valence-electron chi connectivity index (χ4n) is 4.01. The van der Waals surface area contributed by atoms with Gasteiger partial charge in [-0.1, -0.05) is 0 Å². The Bertz CT molecular complexity index is 501. The lowest BCUT2D eigenvalue weighted by Crippen LogP contribution is -2.66. The highest BCUT2D eigenvalue weighted by Crippen LogP contribution is 2.36. The van der Waals surface area contributed by atoms with Crippen molar-refractivity contribution in [2.24, 2.45) is 5.92 Å². The molecule has 4 rings (SSSR count). The van der Waals surface area contributed by atoms with E-state index in [0.717, 1.165) is 51.7 Å². The second-order valence-corrected chi connectivity index (χ2v) is 7.03. The molecule has 1 aromatic rings. The molecule has 1 atom stereocenters. The van der Waals surface area contributed by atoms with E-state index in [9.17, 15) is 0 Å². The highest BCUT2D eigenvalue weighted by atomic mass is 16.5. The van der Waals surface area contributed by atoms with Gasteiger partial charge in [-0.15, -0.1) is 0 Å². The third kappa shape index (κ3) is 3.65. The lowest BCUT2D eigenvalue weighted by atomic mass is 9.83. The van der Waals surface area contributed by atoms with E-state index in [1.165, 1.54) is 19.4 Å². The van der Waals surface area contributed by atoms with Crippen molar-refractivity contribution in [3.05, 3.63) is 18.6 Å². The Kier molecular flexibility index (Phi) is 4.46. The van der Waals surface area contributed by atoms with Gasteiger partial charge in [0, 0.05) is 58.1 Å². The molecule has 1 spiro atoms. The zero-order valence-electron chi connectivity index (χ0n) is 13.5. The molecule has 23 heavy (non-hydrogen) atoms. The van der Waals surface area contributed by atoms with Crippen LogP contribution < -0.4 is 4.74 Å². The van der Waals surface area contributed by atoms with Gasteiger partial charge in [0.1, 0.15) is 6.10 Å². The van der Waals surface area contributed by atoms with Gasteiger partial charge in [-0.3, -0.25) is 9.88 Å². The first-order valence-electron chi connectivity index (χ1n) is 8.68. The molecule has 0 unspecified atom stereocenters. The van der Waals surface area contributed by atoms with Gasteiger partial charge in [0.25, 0.3) is 0 Å². The zero-order valence-corrected chi connectivity index (χ0v) is 13.5. The minimum atomic E-state index is -0.00368. The third-order valence-electron chi connectivity index (χ3n) is 5.16. The molecule has 126 valence electrons. The number of hydrogen-bond donors (Lipinski definition) is 0. The van der Waals surface area contributed by atoms with Crippen LogP contribution in [0.5, 0.6) is 5.88 Å². The molecule has 0 aromatic carbocycles. The van der Waals surface area contributed by atoms with Crippen LogP contribution in [-0.4, -0.2) is 66.0 Å². The molecule has 4 heterocycles. The maximum atomic E-state index is 6.11. The average molecular weight is 319 g/mol. The van der Waals surface area contributed by atoms with Crippen LogP contribution in [0.1, 0.15) is 25.7 Å². The standard InChI is InChI=1S/C17H25N3O3/c1-6-21-7-2-14(1)11-20-12-17(13-20)9-15(3-8-22-17)23-16-10-18-4-5-19-16/h4-5,10,14-15H,1-3,6-9,11-13H2/t15-/m1/s1. The Morgan fingerprint density at radius 3 is 2.83 bits per heavy atom. The largest absolute Gasteiger partial charge is 0.473 e. The van der Waals surface area contributed by atoms with Crippen molar-refractivity contribution in [1.29, 1.82) is 0 Å². The van der Waals surface area contributed by atoms with Crippen molar-refractivity contribution >= 4 is 0 Å². The van der Waals surface area contributed by atoms with Crippen molar-refractivity contribution in [2.45, 2.75) is 37.4 Å². The quantitative estimate of drug-likeness (QED) is 0.838. The van der Waals surface area contributed by atoms with E-state index in [1.807, 2.05) is 0 Å². The van der Waals surface area contributed by atoms with Gasteiger partial charge < -0.3 is 14.2 Å². The normalized spacial score (nSPS) is 28.4. The predicted octanol–water partition coefficient (Wildman–Crippen LogP) is 1.52. The maximum Gasteiger partial charge on any atom is 0.232 e. The van der Waals surface area contributed by atoms with Gasteiger partial charge in [-0.2, -0.15) is 0 Å². The highest BCUT2D eigenvalue weighted by molar-refractivity contribution is 5.06. The summed E-state index contributed by atoms with van der Waals surface area (Å²) in [6, 6.07) is 0. The average Bonchev–Trinajstić information content (AvgIpc) is 2.56. The fraction of sp³-hybridized carbons (Fsp3) is 0.765. The van der Waals surface area contributed by atoms with Crippen molar-refractivity contribution in [3.63, 3.8) is 0 Å². The number of likely N-dealkylation sites (tertiary alicyclic amines) is 1. The SMILES string of the molecule is c1cnc(O[C@@H]2CCOC3(C2)CN(CC2CCOCC2)C3)cn1. The third-order valence-corrected chi connectivity index (χ3v) is 5.16. The van der Waals surface area contributed by atoms with Crippen LogP contribution in [0, 0.1) is 5.92 Å². The Balaban J connectivity index is 1.27. The highest BCUT2D eigenvalue weighted by Gasteiger charge is 2.48. The molecule has 0 radical (unpaired) electrons. The van der Waals surface area contributed by atoms with Crippen LogP contribution >= 0.6 is 0 Å². The summed E-state index contributed by atoms with van der Waals surface area (Å²) in [5.74, 6) is 1.41. The lowest BCUT2D eigenvalue weighted by Gasteiger charge is -2.53. The summed E-state index contributed by atoms with van der Waals surface area (Å²) in [6.07, 6.45) is 9.48. The van der Waals surface area contributed by atoms with Gasteiger partial charge in [0.05, 0.1) is 18.4 Å². The molecule has 3 fully saturated rings. The van der Waals surface area contributed by atoms with Crippen LogP contribution in [0.3, 0.4) is 0 Å². The molecule has 0 N–H and O–H groups in total. The number of ether oxygens (including phenoxy) is 3. The van der Waals surface area contributed by atoms with Gasteiger partial charge in [-0.25, -0.2) is 4.98 Å². The molecule has 0 bridgehead atoms. The number of aromatic nitrogens is 2. The fourth-order valence-corrected chi connectivity index (χ4v) is 4.01. The van der Waals surface area contributed by atoms with E-state index in [4.69, 9.17) is 14.2 Å². The molecule has 0 aliphatic carbocycles. The van der Waals surface area contributed by atoms with E-state index < -0.39 is 0 Å². The Morgan fingerprint density at radius 2 is 2.04 bits per heavy atom. The monoisotopic (exact) mass is 319 g/mol. The summed E-state index contributed by atoms with van der Waals surface area (Å²) in [4.78, 5) is 10.8. The van der Waals surface area contributed by atoms with E-state index >= 15 is 0 Å². The van der Waals surface area contributed by atoms with Crippen LogP contribution in [0.15, 0.2) is 18.6 Å². The van der Waals surface area contributed by atoms with Crippen LogP contribution in [0.25, 0.3) is 0 Å². The van der Waals surface area contributed by atoms with Crippen molar-refractivity contribution in [1.82, 2.24) is 14.9 Å². The first-order valence-corrected chi connectivity index (χ1v) is 8.68. The summed E-state index contributed by atoms with van der Waals surface area (Å²) in [6.45, 7) is 5.87. The summed E-state index contributed by atoms with van der Waals surface area (Å²) in [5.41, 5.74) is -0.00368. The summed E-state index contributed by atoms with van der Waals surface area (Å²) in [5, 5.41) is 0. The molecule has 0 saturated carbocycles. The van der Waals surface area contributed by atoms with Gasteiger partial charge in [0.15, 0.2) is 0 Å². The molecular formula is C17H25N3O3. The molecule has 3 saturated heterocycles. The topological polar surface area (TPSA) is 56.7 Å². The Hall–Kier alpha value is -1.24.